The van der Waals surface area contributed by atoms with Gasteiger partial charge in [0.2, 0.25) is 0 Å². The summed E-state index contributed by atoms with van der Waals surface area (Å²) in [6.07, 6.45) is 0. The number of hydrogen-bond acceptors (Lipinski definition) is 2. The maximum Gasteiger partial charge on any atom is 0.0590 e. The van der Waals surface area contributed by atoms with Crippen LogP contribution in [-0.4, -0.2) is 0 Å². The normalized spacial score (nSPS) is 11.1. The molecule has 0 saturated heterocycles. The lowest BCUT2D eigenvalue weighted by Crippen LogP contribution is -1.97. The van der Waals surface area contributed by atoms with Crippen molar-refractivity contribution in [1.82, 2.24) is 0 Å². The second-order valence-corrected chi connectivity index (χ2v) is 8.92. The summed E-state index contributed by atoms with van der Waals surface area (Å²) in [6.45, 7) is 0. The van der Waals surface area contributed by atoms with Crippen molar-refractivity contribution in [3.05, 3.63) is 121 Å². The monoisotopic (exact) mass is 427 g/mol. The Morgan fingerprint density at radius 3 is 1.72 bits per heavy atom. The van der Waals surface area contributed by atoms with Crippen molar-refractivity contribution < 1.29 is 0 Å². The van der Waals surface area contributed by atoms with E-state index in [0.717, 1.165) is 11.4 Å². The summed E-state index contributed by atoms with van der Waals surface area (Å²) < 4.78 is 2.60. The van der Waals surface area contributed by atoms with Crippen molar-refractivity contribution in [2.75, 3.05) is 5.32 Å². The van der Waals surface area contributed by atoms with Crippen LogP contribution in [0.2, 0.25) is 0 Å². The second-order valence-electron chi connectivity index (χ2n) is 7.87. The SMILES string of the molecule is c1ccc(-c2cccc(-c3ccccc3)c2Nc2cccc3c2sc2ccccc23)cc1. The van der Waals surface area contributed by atoms with Crippen LogP contribution in [0.1, 0.15) is 0 Å². The van der Waals surface area contributed by atoms with Crippen LogP contribution in [0.4, 0.5) is 11.4 Å². The van der Waals surface area contributed by atoms with Gasteiger partial charge in [-0.3, -0.25) is 0 Å². The number of rotatable bonds is 4. The molecule has 6 rings (SSSR count). The van der Waals surface area contributed by atoms with E-state index in [1.807, 2.05) is 11.3 Å². The van der Waals surface area contributed by atoms with E-state index in [1.165, 1.54) is 42.4 Å². The van der Waals surface area contributed by atoms with Gasteiger partial charge in [0.15, 0.2) is 0 Å². The van der Waals surface area contributed by atoms with Gasteiger partial charge in [-0.2, -0.15) is 0 Å². The van der Waals surface area contributed by atoms with Gasteiger partial charge in [-0.15, -0.1) is 11.3 Å². The molecule has 0 radical (unpaired) electrons. The van der Waals surface area contributed by atoms with E-state index < -0.39 is 0 Å². The van der Waals surface area contributed by atoms with E-state index in [-0.39, 0.29) is 0 Å². The van der Waals surface area contributed by atoms with Gasteiger partial charge < -0.3 is 5.32 Å². The summed E-state index contributed by atoms with van der Waals surface area (Å²) in [5.74, 6) is 0. The zero-order valence-corrected chi connectivity index (χ0v) is 18.3. The van der Waals surface area contributed by atoms with E-state index in [4.69, 9.17) is 0 Å². The van der Waals surface area contributed by atoms with Gasteiger partial charge in [0, 0.05) is 26.6 Å². The minimum atomic E-state index is 1.13. The Labute approximate surface area is 191 Å². The maximum absolute atomic E-state index is 3.85. The number of hydrogen-bond donors (Lipinski definition) is 1. The van der Waals surface area contributed by atoms with Gasteiger partial charge in [-0.05, 0) is 23.3 Å². The van der Waals surface area contributed by atoms with Crippen LogP contribution in [0.25, 0.3) is 42.4 Å². The average molecular weight is 428 g/mol. The van der Waals surface area contributed by atoms with Gasteiger partial charge >= 0.3 is 0 Å². The summed E-state index contributed by atoms with van der Waals surface area (Å²) in [7, 11) is 0. The minimum absolute atomic E-state index is 1.13. The summed E-state index contributed by atoms with van der Waals surface area (Å²) >= 11 is 1.85. The first-order valence-corrected chi connectivity index (χ1v) is 11.6. The third kappa shape index (κ3) is 3.26. The molecule has 0 amide bonds. The Bertz CT molecular complexity index is 1470. The summed E-state index contributed by atoms with van der Waals surface area (Å²) in [5, 5.41) is 6.47. The lowest BCUT2D eigenvalue weighted by atomic mass is 9.95. The van der Waals surface area contributed by atoms with Crippen molar-refractivity contribution in [2.45, 2.75) is 0 Å². The number of para-hydroxylation sites is 1. The summed E-state index contributed by atoms with van der Waals surface area (Å²) in [4.78, 5) is 0. The zero-order valence-electron chi connectivity index (χ0n) is 17.5. The van der Waals surface area contributed by atoms with Gasteiger partial charge in [-0.25, -0.2) is 0 Å². The molecular formula is C30H21NS. The molecule has 5 aromatic carbocycles. The highest BCUT2D eigenvalue weighted by atomic mass is 32.1. The molecular weight excluding hydrogens is 406 g/mol. The molecule has 0 saturated carbocycles. The third-order valence-corrected chi connectivity index (χ3v) is 7.12. The molecule has 6 aromatic rings. The van der Waals surface area contributed by atoms with Crippen LogP contribution in [-0.2, 0) is 0 Å². The van der Waals surface area contributed by atoms with Gasteiger partial charge in [0.25, 0.3) is 0 Å². The van der Waals surface area contributed by atoms with E-state index in [9.17, 15) is 0 Å². The second kappa shape index (κ2) is 7.99. The average Bonchev–Trinajstić information content (AvgIpc) is 3.25. The van der Waals surface area contributed by atoms with Crippen LogP contribution in [0, 0.1) is 0 Å². The van der Waals surface area contributed by atoms with Crippen LogP contribution in [0.5, 0.6) is 0 Å². The molecule has 0 fully saturated rings. The lowest BCUT2D eigenvalue weighted by Gasteiger charge is -2.18. The fraction of sp³-hybridized carbons (Fsp3) is 0. The lowest BCUT2D eigenvalue weighted by molar-refractivity contribution is 1.54. The van der Waals surface area contributed by atoms with Crippen LogP contribution >= 0.6 is 11.3 Å². The van der Waals surface area contributed by atoms with Gasteiger partial charge in [0.1, 0.15) is 0 Å². The number of fused-ring (bicyclic) bond motifs is 3. The minimum Gasteiger partial charge on any atom is -0.353 e. The van der Waals surface area contributed by atoms with Crippen molar-refractivity contribution in [1.29, 1.82) is 0 Å². The summed E-state index contributed by atoms with van der Waals surface area (Å²) in [6, 6.07) is 43.0. The Kier molecular flexibility index (Phi) is 4.71. The predicted molar refractivity (Wildman–Crippen MR) is 140 cm³/mol. The highest BCUT2D eigenvalue weighted by Gasteiger charge is 2.15. The number of thiophene rings is 1. The molecule has 0 unspecified atom stereocenters. The van der Waals surface area contributed by atoms with Crippen molar-refractivity contribution >= 4 is 42.9 Å². The standard InChI is InChI=1S/C30H21NS/c1-3-11-21(12-4-1)23-16-9-17-24(22-13-5-2-6-14-22)29(23)31-27-19-10-18-26-25-15-7-8-20-28(25)32-30(26)27/h1-20,31H. The molecule has 0 atom stereocenters. The molecule has 1 aromatic heterocycles. The third-order valence-electron chi connectivity index (χ3n) is 5.90. The molecule has 152 valence electrons. The fourth-order valence-electron chi connectivity index (χ4n) is 4.38. The quantitative estimate of drug-likeness (QED) is 0.296. The molecule has 0 spiro atoms. The van der Waals surface area contributed by atoms with Crippen molar-refractivity contribution in [3.63, 3.8) is 0 Å². The number of nitrogens with one attached hydrogen (secondary N) is 1. The zero-order chi connectivity index (χ0) is 21.3. The molecule has 0 aliphatic carbocycles. The van der Waals surface area contributed by atoms with Crippen LogP contribution in [0.15, 0.2) is 121 Å². The van der Waals surface area contributed by atoms with Crippen LogP contribution in [0.3, 0.4) is 0 Å². The largest absolute Gasteiger partial charge is 0.353 e. The maximum atomic E-state index is 3.85. The molecule has 0 aliphatic heterocycles. The molecule has 2 heteroatoms. The Morgan fingerprint density at radius 2 is 1.03 bits per heavy atom. The molecule has 1 nitrogen and oxygen atoms in total. The predicted octanol–water partition coefficient (Wildman–Crippen LogP) is 9.13. The highest BCUT2D eigenvalue weighted by molar-refractivity contribution is 7.26. The van der Waals surface area contributed by atoms with E-state index in [0.29, 0.717) is 0 Å². The van der Waals surface area contributed by atoms with E-state index in [1.54, 1.807) is 0 Å². The van der Waals surface area contributed by atoms with Crippen molar-refractivity contribution in [3.8, 4) is 22.3 Å². The first-order chi connectivity index (χ1) is 15.9. The Hall–Kier alpha value is -3.88. The number of anilines is 2. The van der Waals surface area contributed by atoms with Crippen molar-refractivity contribution in [2.24, 2.45) is 0 Å². The fourth-order valence-corrected chi connectivity index (χ4v) is 5.56. The molecule has 1 N–H and O–H groups in total. The first kappa shape index (κ1) is 18.9. The van der Waals surface area contributed by atoms with Crippen LogP contribution < -0.4 is 5.32 Å². The van der Waals surface area contributed by atoms with Gasteiger partial charge in [-0.1, -0.05) is 109 Å². The summed E-state index contributed by atoms with van der Waals surface area (Å²) in [5.41, 5.74) is 7.09. The first-order valence-electron chi connectivity index (χ1n) is 10.8. The molecule has 0 aliphatic rings. The molecule has 32 heavy (non-hydrogen) atoms. The Morgan fingerprint density at radius 1 is 0.469 bits per heavy atom. The molecule has 0 bridgehead atoms. The number of benzene rings is 5. The highest BCUT2D eigenvalue weighted by Crippen LogP contribution is 2.43. The smallest absolute Gasteiger partial charge is 0.0590 e. The Balaban J connectivity index is 1.58. The van der Waals surface area contributed by atoms with E-state index in [2.05, 4.69) is 127 Å². The molecule has 1 heterocycles. The van der Waals surface area contributed by atoms with Gasteiger partial charge in [0.05, 0.1) is 16.1 Å². The van der Waals surface area contributed by atoms with E-state index >= 15 is 0 Å². The topological polar surface area (TPSA) is 12.0 Å².